The third-order valence-electron chi connectivity index (χ3n) is 4.38. The molecular weight excluding hydrogens is 260 g/mol. The molecule has 2 heterocycles. The van der Waals surface area contributed by atoms with E-state index in [-0.39, 0.29) is 18.7 Å². The highest BCUT2D eigenvalue weighted by atomic mass is 16.4. The molecule has 6 nitrogen and oxygen atoms in total. The number of hydrogen-bond donors (Lipinski definition) is 2. The summed E-state index contributed by atoms with van der Waals surface area (Å²) in [5, 5.41) is 18.2. The number of carbonyl (C=O) groups is 2. The predicted molar refractivity (Wildman–Crippen MR) is 73.4 cm³/mol. The Morgan fingerprint density at radius 1 is 1.10 bits per heavy atom. The summed E-state index contributed by atoms with van der Waals surface area (Å²) < 4.78 is 0. The van der Waals surface area contributed by atoms with E-state index in [0.29, 0.717) is 25.9 Å². The van der Waals surface area contributed by atoms with E-state index in [2.05, 4.69) is 0 Å². The Kier molecular flexibility index (Phi) is 5.23. The number of urea groups is 1. The van der Waals surface area contributed by atoms with Gasteiger partial charge in [-0.25, -0.2) is 4.79 Å². The Morgan fingerprint density at radius 3 is 2.60 bits per heavy atom. The van der Waals surface area contributed by atoms with Crippen LogP contribution in [0.2, 0.25) is 0 Å². The molecule has 2 aliphatic rings. The van der Waals surface area contributed by atoms with Gasteiger partial charge in [0.2, 0.25) is 0 Å². The van der Waals surface area contributed by atoms with E-state index in [1.54, 1.807) is 4.90 Å². The third kappa shape index (κ3) is 3.42. The molecule has 0 aromatic rings. The van der Waals surface area contributed by atoms with Crippen molar-refractivity contribution in [2.45, 2.75) is 44.6 Å². The van der Waals surface area contributed by atoms with E-state index >= 15 is 0 Å². The molecule has 0 aromatic carbocycles. The lowest BCUT2D eigenvalue weighted by Crippen LogP contribution is -2.53. The van der Waals surface area contributed by atoms with Crippen LogP contribution in [0, 0.1) is 5.92 Å². The van der Waals surface area contributed by atoms with E-state index in [4.69, 9.17) is 10.2 Å². The zero-order valence-electron chi connectivity index (χ0n) is 11.8. The van der Waals surface area contributed by atoms with Gasteiger partial charge >= 0.3 is 12.0 Å². The SMILES string of the molecule is O=C(O)[C@@H]1CCCN(C(=O)N2CCCCC2CCO)C1. The minimum atomic E-state index is -0.812. The smallest absolute Gasteiger partial charge is 0.320 e. The van der Waals surface area contributed by atoms with Crippen LogP contribution in [-0.2, 0) is 4.79 Å². The minimum Gasteiger partial charge on any atom is -0.481 e. The van der Waals surface area contributed by atoms with E-state index in [9.17, 15) is 9.59 Å². The Balaban J connectivity index is 1.99. The number of carbonyl (C=O) groups excluding carboxylic acids is 1. The van der Waals surface area contributed by atoms with Crippen molar-refractivity contribution in [2.75, 3.05) is 26.2 Å². The van der Waals surface area contributed by atoms with E-state index in [1.807, 2.05) is 4.90 Å². The van der Waals surface area contributed by atoms with Crippen molar-refractivity contribution in [1.82, 2.24) is 9.80 Å². The van der Waals surface area contributed by atoms with Crippen LogP contribution in [-0.4, -0.2) is 64.3 Å². The molecule has 2 amide bonds. The topological polar surface area (TPSA) is 81.1 Å². The monoisotopic (exact) mass is 284 g/mol. The standard InChI is InChI=1S/C14H24N2O4/c17-9-6-12-5-1-2-8-16(12)14(20)15-7-3-4-11(10-15)13(18)19/h11-12,17H,1-10H2,(H,18,19)/t11-,12?/m1/s1. The van der Waals surface area contributed by atoms with Gasteiger partial charge in [-0.1, -0.05) is 0 Å². The first-order valence-corrected chi connectivity index (χ1v) is 7.52. The second-order valence-corrected chi connectivity index (χ2v) is 5.76. The first-order valence-electron chi connectivity index (χ1n) is 7.52. The number of hydrogen-bond acceptors (Lipinski definition) is 3. The number of carboxylic acid groups (broad SMARTS) is 1. The molecule has 20 heavy (non-hydrogen) atoms. The van der Waals surface area contributed by atoms with Crippen LogP contribution in [0.4, 0.5) is 4.79 Å². The van der Waals surface area contributed by atoms with E-state index in [0.717, 1.165) is 32.2 Å². The fourth-order valence-electron chi connectivity index (χ4n) is 3.24. The summed E-state index contributed by atoms with van der Waals surface area (Å²) in [7, 11) is 0. The van der Waals surface area contributed by atoms with Crippen LogP contribution in [0.3, 0.4) is 0 Å². The molecule has 2 rings (SSSR count). The molecule has 0 radical (unpaired) electrons. The molecule has 0 bridgehead atoms. The van der Waals surface area contributed by atoms with Crippen molar-refractivity contribution < 1.29 is 19.8 Å². The van der Waals surface area contributed by atoms with Crippen molar-refractivity contribution in [1.29, 1.82) is 0 Å². The second kappa shape index (κ2) is 6.92. The minimum absolute atomic E-state index is 0.0471. The highest BCUT2D eigenvalue weighted by Gasteiger charge is 2.33. The Bertz CT molecular complexity index is 359. The fraction of sp³-hybridized carbons (Fsp3) is 0.857. The normalized spacial score (nSPS) is 27.4. The van der Waals surface area contributed by atoms with Crippen LogP contribution >= 0.6 is 0 Å². The van der Waals surface area contributed by atoms with Crippen molar-refractivity contribution >= 4 is 12.0 Å². The maximum Gasteiger partial charge on any atom is 0.320 e. The van der Waals surface area contributed by atoms with Gasteiger partial charge in [-0.05, 0) is 38.5 Å². The number of nitrogens with zero attached hydrogens (tertiary/aromatic N) is 2. The third-order valence-corrected chi connectivity index (χ3v) is 4.38. The Labute approximate surface area is 119 Å². The van der Waals surface area contributed by atoms with Gasteiger partial charge in [0, 0.05) is 32.3 Å². The van der Waals surface area contributed by atoms with Crippen LogP contribution in [0.15, 0.2) is 0 Å². The van der Waals surface area contributed by atoms with Gasteiger partial charge in [-0.2, -0.15) is 0 Å². The van der Waals surface area contributed by atoms with Crippen molar-refractivity contribution in [3.05, 3.63) is 0 Å². The molecule has 0 spiro atoms. The largest absolute Gasteiger partial charge is 0.481 e. The van der Waals surface area contributed by atoms with Gasteiger partial charge < -0.3 is 20.0 Å². The molecule has 2 atom stereocenters. The van der Waals surface area contributed by atoms with Gasteiger partial charge in [0.15, 0.2) is 0 Å². The predicted octanol–water partition coefficient (Wildman–Crippen LogP) is 1.14. The number of rotatable bonds is 3. The molecule has 0 aromatic heterocycles. The van der Waals surface area contributed by atoms with Gasteiger partial charge in [0.1, 0.15) is 0 Å². The zero-order valence-corrected chi connectivity index (χ0v) is 11.8. The molecule has 114 valence electrons. The van der Waals surface area contributed by atoms with Crippen molar-refractivity contribution in [3.8, 4) is 0 Å². The number of likely N-dealkylation sites (tertiary alicyclic amines) is 2. The first kappa shape index (κ1) is 15.1. The fourth-order valence-corrected chi connectivity index (χ4v) is 3.24. The lowest BCUT2D eigenvalue weighted by Gasteiger charge is -2.41. The molecule has 2 aliphatic heterocycles. The first-order chi connectivity index (χ1) is 9.63. The van der Waals surface area contributed by atoms with Crippen LogP contribution in [0.1, 0.15) is 38.5 Å². The van der Waals surface area contributed by atoms with Gasteiger partial charge in [-0.3, -0.25) is 4.79 Å². The summed E-state index contributed by atoms with van der Waals surface area (Å²) in [6, 6.07) is 0.0561. The summed E-state index contributed by atoms with van der Waals surface area (Å²) >= 11 is 0. The van der Waals surface area contributed by atoms with E-state index in [1.165, 1.54) is 0 Å². The second-order valence-electron chi connectivity index (χ2n) is 5.76. The summed E-state index contributed by atoms with van der Waals surface area (Å²) in [6.45, 7) is 1.77. The summed E-state index contributed by atoms with van der Waals surface area (Å²) in [6.07, 6.45) is 5.03. The number of aliphatic hydroxyl groups excluding tert-OH is 1. The average Bonchev–Trinajstić information content (AvgIpc) is 2.47. The van der Waals surface area contributed by atoms with Gasteiger partial charge in [-0.15, -0.1) is 0 Å². The molecule has 0 saturated carbocycles. The van der Waals surface area contributed by atoms with Crippen LogP contribution in [0.25, 0.3) is 0 Å². The number of amides is 2. The summed E-state index contributed by atoms with van der Waals surface area (Å²) in [5.41, 5.74) is 0. The quantitative estimate of drug-likeness (QED) is 0.814. The summed E-state index contributed by atoms with van der Waals surface area (Å²) in [5.74, 6) is -1.25. The van der Waals surface area contributed by atoms with Crippen LogP contribution < -0.4 is 0 Å². The molecule has 2 N–H and O–H groups in total. The lowest BCUT2D eigenvalue weighted by molar-refractivity contribution is -0.143. The van der Waals surface area contributed by atoms with Crippen molar-refractivity contribution in [2.24, 2.45) is 5.92 Å². The number of piperidine rings is 2. The number of aliphatic hydroxyl groups is 1. The maximum atomic E-state index is 12.6. The van der Waals surface area contributed by atoms with Gasteiger partial charge in [0.05, 0.1) is 5.92 Å². The van der Waals surface area contributed by atoms with Crippen LogP contribution in [0.5, 0.6) is 0 Å². The highest BCUT2D eigenvalue weighted by Crippen LogP contribution is 2.24. The number of carboxylic acids is 1. The molecule has 2 fully saturated rings. The zero-order chi connectivity index (χ0) is 14.5. The molecular formula is C14H24N2O4. The van der Waals surface area contributed by atoms with Gasteiger partial charge in [0.25, 0.3) is 0 Å². The molecule has 6 heteroatoms. The van der Waals surface area contributed by atoms with Crippen molar-refractivity contribution in [3.63, 3.8) is 0 Å². The molecule has 0 aliphatic carbocycles. The molecule has 1 unspecified atom stereocenters. The number of aliphatic carboxylic acids is 1. The highest BCUT2D eigenvalue weighted by molar-refractivity contribution is 5.77. The molecule has 2 saturated heterocycles. The van der Waals surface area contributed by atoms with E-state index < -0.39 is 11.9 Å². The maximum absolute atomic E-state index is 12.6. The Hall–Kier alpha value is -1.30. The lowest BCUT2D eigenvalue weighted by atomic mass is 9.97. The Morgan fingerprint density at radius 2 is 1.90 bits per heavy atom. The average molecular weight is 284 g/mol. The summed E-state index contributed by atoms with van der Waals surface area (Å²) in [4.78, 5) is 27.2.